The molecular formula is C11H13BrO. The fourth-order valence-corrected chi connectivity index (χ4v) is 1.76. The number of carbonyl (C=O) groups excluding carboxylic acids is 1. The summed E-state index contributed by atoms with van der Waals surface area (Å²) in [5.74, 6) is 0.437. The molecule has 70 valence electrons. The molecule has 0 aliphatic heterocycles. The molecule has 1 nitrogen and oxygen atoms in total. The number of halogens is 1. The fourth-order valence-electron chi connectivity index (χ4n) is 1.31. The van der Waals surface area contributed by atoms with Crippen molar-refractivity contribution in [2.75, 3.05) is 0 Å². The van der Waals surface area contributed by atoms with Crippen molar-refractivity contribution in [2.45, 2.75) is 19.8 Å². The average Bonchev–Trinajstić information content (AvgIpc) is 2.04. The summed E-state index contributed by atoms with van der Waals surface area (Å²) in [6, 6.07) is 8.22. The Hall–Kier alpha value is -0.630. The maximum absolute atomic E-state index is 10.3. The van der Waals surface area contributed by atoms with E-state index < -0.39 is 0 Å². The number of hydrogen-bond acceptors (Lipinski definition) is 1. The molecule has 13 heavy (non-hydrogen) atoms. The third kappa shape index (κ3) is 3.73. The van der Waals surface area contributed by atoms with Gasteiger partial charge < -0.3 is 4.79 Å². The molecule has 1 aromatic rings. The van der Waals surface area contributed by atoms with E-state index in [1.165, 1.54) is 5.56 Å². The van der Waals surface area contributed by atoms with Crippen LogP contribution in [0.25, 0.3) is 0 Å². The lowest BCUT2D eigenvalue weighted by atomic mass is 9.99. The third-order valence-corrected chi connectivity index (χ3v) is 2.47. The summed E-state index contributed by atoms with van der Waals surface area (Å²) in [6.07, 6.45) is 2.60. The lowest BCUT2D eigenvalue weighted by Crippen LogP contribution is -1.99. The third-order valence-electron chi connectivity index (χ3n) is 1.97. The number of carbonyl (C=O) groups is 1. The Balaban J connectivity index is 2.58. The van der Waals surface area contributed by atoms with E-state index in [-0.39, 0.29) is 0 Å². The van der Waals surface area contributed by atoms with Gasteiger partial charge in [-0.1, -0.05) is 35.0 Å². The van der Waals surface area contributed by atoms with Crippen LogP contribution in [-0.2, 0) is 11.2 Å². The zero-order chi connectivity index (χ0) is 9.68. The first-order chi connectivity index (χ1) is 6.22. The Morgan fingerprint density at radius 3 is 2.92 bits per heavy atom. The zero-order valence-electron chi connectivity index (χ0n) is 7.66. The minimum atomic E-state index is 0.437. The molecule has 1 rings (SSSR count). The van der Waals surface area contributed by atoms with Crippen molar-refractivity contribution in [3.05, 3.63) is 34.3 Å². The lowest BCUT2D eigenvalue weighted by Gasteiger charge is -2.07. The van der Waals surface area contributed by atoms with E-state index in [4.69, 9.17) is 0 Å². The molecular weight excluding hydrogens is 228 g/mol. The molecule has 0 amide bonds. The van der Waals surface area contributed by atoms with Gasteiger partial charge in [-0.15, -0.1) is 0 Å². The molecule has 0 aliphatic rings. The molecule has 0 heterocycles. The molecule has 1 unspecified atom stereocenters. The predicted octanol–water partition coefficient (Wildman–Crippen LogP) is 3.22. The fraction of sp³-hybridized carbons (Fsp3) is 0.364. The molecule has 0 aliphatic carbocycles. The summed E-state index contributed by atoms with van der Waals surface area (Å²) >= 11 is 3.42. The maximum atomic E-state index is 10.3. The molecule has 0 fully saturated rings. The van der Waals surface area contributed by atoms with Gasteiger partial charge in [0.15, 0.2) is 0 Å². The summed E-state index contributed by atoms with van der Waals surface area (Å²) in [7, 11) is 0. The highest BCUT2D eigenvalue weighted by molar-refractivity contribution is 9.10. The van der Waals surface area contributed by atoms with Crippen LogP contribution in [0.4, 0.5) is 0 Å². The predicted molar refractivity (Wildman–Crippen MR) is 57.7 cm³/mol. The molecule has 0 saturated carbocycles. The first kappa shape index (κ1) is 10.5. The topological polar surface area (TPSA) is 17.1 Å². The van der Waals surface area contributed by atoms with Crippen LogP contribution < -0.4 is 0 Å². The smallest absolute Gasteiger partial charge is 0.120 e. The Labute approximate surface area is 87.3 Å². The van der Waals surface area contributed by atoms with E-state index in [1.807, 2.05) is 12.1 Å². The highest BCUT2D eigenvalue weighted by Gasteiger charge is 2.02. The molecule has 0 radical (unpaired) electrons. The molecule has 2 heteroatoms. The molecule has 1 atom stereocenters. The highest BCUT2D eigenvalue weighted by atomic mass is 79.9. The van der Waals surface area contributed by atoms with Crippen LogP contribution in [0.3, 0.4) is 0 Å². The van der Waals surface area contributed by atoms with Gasteiger partial charge in [0.2, 0.25) is 0 Å². The van der Waals surface area contributed by atoms with Crippen molar-refractivity contribution in [3.63, 3.8) is 0 Å². The van der Waals surface area contributed by atoms with Crippen molar-refractivity contribution in [1.82, 2.24) is 0 Å². The normalized spacial score (nSPS) is 12.5. The minimum Gasteiger partial charge on any atom is -0.303 e. The average molecular weight is 241 g/mol. The second kappa shape index (κ2) is 5.18. The molecule has 0 aromatic heterocycles. The Morgan fingerprint density at radius 1 is 1.54 bits per heavy atom. The SMILES string of the molecule is CC(CC=O)Cc1cccc(Br)c1. The van der Waals surface area contributed by atoms with Crippen LogP contribution in [0, 0.1) is 5.92 Å². The number of hydrogen-bond donors (Lipinski definition) is 0. The van der Waals surface area contributed by atoms with Crippen LogP contribution in [0.2, 0.25) is 0 Å². The zero-order valence-corrected chi connectivity index (χ0v) is 9.25. The number of aldehydes is 1. The quantitative estimate of drug-likeness (QED) is 0.739. The largest absolute Gasteiger partial charge is 0.303 e. The summed E-state index contributed by atoms with van der Waals surface area (Å²) < 4.78 is 1.10. The van der Waals surface area contributed by atoms with Gasteiger partial charge in [-0.3, -0.25) is 0 Å². The van der Waals surface area contributed by atoms with Crippen LogP contribution in [-0.4, -0.2) is 6.29 Å². The summed E-state index contributed by atoms with van der Waals surface area (Å²) in [5.41, 5.74) is 1.28. The van der Waals surface area contributed by atoms with Crippen molar-refractivity contribution in [2.24, 2.45) is 5.92 Å². The second-order valence-electron chi connectivity index (χ2n) is 3.34. The van der Waals surface area contributed by atoms with Gasteiger partial charge >= 0.3 is 0 Å². The van der Waals surface area contributed by atoms with Crippen molar-refractivity contribution >= 4 is 22.2 Å². The van der Waals surface area contributed by atoms with Gasteiger partial charge in [-0.05, 0) is 30.0 Å². The number of rotatable bonds is 4. The minimum absolute atomic E-state index is 0.437. The number of benzene rings is 1. The van der Waals surface area contributed by atoms with Gasteiger partial charge in [-0.25, -0.2) is 0 Å². The summed E-state index contributed by atoms with van der Waals surface area (Å²) in [4.78, 5) is 10.3. The van der Waals surface area contributed by atoms with Crippen LogP contribution in [0.5, 0.6) is 0 Å². The first-order valence-corrected chi connectivity index (χ1v) is 5.19. The molecule has 1 aromatic carbocycles. The van der Waals surface area contributed by atoms with E-state index in [0.29, 0.717) is 12.3 Å². The van der Waals surface area contributed by atoms with Gasteiger partial charge in [-0.2, -0.15) is 0 Å². The van der Waals surface area contributed by atoms with Gasteiger partial charge in [0.05, 0.1) is 0 Å². The van der Waals surface area contributed by atoms with Gasteiger partial charge in [0.25, 0.3) is 0 Å². The molecule has 0 N–H and O–H groups in total. The molecule has 0 saturated heterocycles. The lowest BCUT2D eigenvalue weighted by molar-refractivity contribution is -0.108. The van der Waals surface area contributed by atoms with Gasteiger partial charge in [0, 0.05) is 10.9 Å². The molecule has 0 spiro atoms. The summed E-state index contributed by atoms with van der Waals surface area (Å²) in [5, 5.41) is 0. The van der Waals surface area contributed by atoms with E-state index in [1.54, 1.807) is 0 Å². The first-order valence-electron chi connectivity index (χ1n) is 4.40. The van der Waals surface area contributed by atoms with Crippen molar-refractivity contribution in [3.8, 4) is 0 Å². The van der Waals surface area contributed by atoms with Crippen LogP contribution in [0.15, 0.2) is 28.7 Å². The van der Waals surface area contributed by atoms with Gasteiger partial charge in [0.1, 0.15) is 6.29 Å². The Bertz CT molecular complexity index is 283. The monoisotopic (exact) mass is 240 g/mol. The standard InChI is InChI=1S/C11H13BrO/c1-9(5-6-13)7-10-3-2-4-11(12)8-10/h2-4,6,8-9H,5,7H2,1H3. The van der Waals surface area contributed by atoms with Crippen LogP contribution in [0.1, 0.15) is 18.9 Å². The Kier molecular flexibility index (Phi) is 4.16. The van der Waals surface area contributed by atoms with E-state index in [0.717, 1.165) is 17.2 Å². The van der Waals surface area contributed by atoms with E-state index >= 15 is 0 Å². The van der Waals surface area contributed by atoms with Crippen molar-refractivity contribution in [1.29, 1.82) is 0 Å². The molecule has 0 bridgehead atoms. The second-order valence-corrected chi connectivity index (χ2v) is 4.26. The Morgan fingerprint density at radius 2 is 2.31 bits per heavy atom. The van der Waals surface area contributed by atoms with Crippen LogP contribution >= 0.6 is 15.9 Å². The maximum Gasteiger partial charge on any atom is 0.120 e. The van der Waals surface area contributed by atoms with E-state index in [2.05, 4.69) is 35.0 Å². The van der Waals surface area contributed by atoms with E-state index in [9.17, 15) is 4.79 Å². The summed E-state index contributed by atoms with van der Waals surface area (Å²) in [6.45, 7) is 2.09. The highest BCUT2D eigenvalue weighted by Crippen LogP contribution is 2.15. The van der Waals surface area contributed by atoms with Crippen molar-refractivity contribution < 1.29 is 4.79 Å².